The van der Waals surface area contributed by atoms with Crippen LogP contribution in [0, 0.1) is 6.92 Å². The number of nitrogens with zero attached hydrogens (tertiary/aromatic N) is 2. The highest BCUT2D eigenvalue weighted by Crippen LogP contribution is 2.16. The first-order valence-corrected chi connectivity index (χ1v) is 5.43. The second-order valence-corrected chi connectivity index (χ2v) is 4.48. The molecule has 4 nitrogen and oxygen atoms in total. The third kappa shape index (κ3) is 2.44. The van der Waals surface area contributed by atoms with E-state index in [-0.39, 0.29) is 0 Å². The van der Waals surface area contributed by atoms with Crippen LogP contribution in [0.25, 0.3) is 0 Å². The Kier molecular flexibility index (Phi) is 2.82. The predicted octanol–water partition coefficient (Wildman–Crippen LogP) is 2.04. The van der Waals surface area contributed by atoms with E-state index in [2.05, 4.69) is 15.3 Å². The lowest BCUT2D eigenvalue weighted by atomic mass is 10.4. The molecule has 15 heavy (non-hydrogen) atoms. The number of nitrogens with two attached hydrogens (primary N) is 1. The van der Waals surface area contributed by atoms with E-state index in [0.717, 1.165) is 5.01 Å². The zero-order chi connectivity index (χ0) is 10.7. The van der Waals surface area contributed by atoms with Crippen molar-refractivity contribution < 1.29 is 0 Å². The van der Waals surface area contributed by atoms with E-state index in [4.69, 9.17) is 5.73 Å². The molecule has 0 aliphatic heterocycles. The molecule has 78 valence electrons. The van der Waals surface area contributed by atoms with E-state index in [1.807, 2.05) is 25.3 Å². The second-order valence-electron chi connectivity index (χ2n) is 3.16. The van der Waals surface area contributed by atoms with Crippen molar-refractivity contribution >= 4 is 22.8 Å². The first-order chi connectivity index (χ1) is 7.25. The Labute approximate surface area is 92.2 Å². The topological polar surface area (TPSA) is 63.8 Å². The van der Waals surface area contributed by atoms with Gasteiger partial charge in [-0.25, -0.2) is 9.97 Å². The van der Waals surface area contributed by atoms with Gasteiger partial charge in [0.05, 0.1) is 12.2 Å². The summed E-state index contributed by atoms with van der Waals surface area (Å²) in [6, 6.07) is 3.64. The Morgan fingerprint density at radius 2 is 2.33 bits per heavy atom. The van der Waals surface area contributed by atoms with E-state index in [9.17, 15) is 0 Å². The van der Waals surface area contributed by atoms with Gasteiger partial charge in [0, 0.05) is 17.3 Å². The van der Waals surface area contributed by atoms with Crippen molar-refractivity contribution in [3.8, 4) is 0 Å². The number of pyridine rings is 1. The van der Waals surface area contributed by atoms with Crippen LogP contribution in [0.1, 0.15) is 9.88 Å². The third-order valence-corrected chi connectivity index (χ3v) is 2.83. The van der Waals surface area contributed by atoms with Crippen molar-refractivity contribution in [3.05, 3.63) is 34.4 Å². The molecule has 2 rings (SSSR count). The minimum Gasteiger partial charge on any atom is -0.396 e. The number of nitrogens with one attached hydrogen (secondary N) is 1. The molecule has 0 amide bonds. The lowest BCUT2D eigenvalue weighted by molar-refractivity contribution is 1.08. The number of aromatic nitrogens is 2. The molecule has 0 aromatic carbocycles. The van der Waals surface area contributed by atoms with Crippen LogP contribution < -0.4 is 11.1 Å². The van der Waals surface area contributed by atoms with E-state index < -0.39 is 0 Å². The molecule has 0 fully saturated rings. The molecular weight excluding hydrogens is 208 g/mol. The van der Waals surface area contributed by atoms with Crippen molar-refractivity contribution in [2.75, 3.05) is 11.1 Å². The molecule has 0 radical (unpaired) electrons. The van der Waals surface area contributed by atoms with E-state index >= 15 is 0 Å². The normalized spacial score (nSPS) is 10.2. The molecule has 2 aromatic rings. The minimum atomic E-state index is 0.658. The molecule has 0 aliphatic rings. The quantitative estimate of drug-likeness (QED) is 0.830. The number of nitrogen functional groups attached to an aromatic ring is 1. The fraction of sp³-hybridized carbons (Fsp3) is 0.200. The number of thiazole rings is 1. The molecule has 0 atom stereocenters. The first kappa shape index (κ1) is 9.92. The maximum absolute atomic E-state index is 5.75. The van der Waals surface area contributed by atoms with Crippen LogP contribution in [0.5, 0.6) is 0 Å². The van der Waals surface area contributed by atoms with Crippen molar-refractivity contribution in [2.24, 2.45) is 0 Å². The molecule has 2 heterocycles. The van der Waals surface area contributed by atoms with E-state index in [1.165, 1.54) is 4.88 Å². The van der Waals surface area contributed by atoms with Gasteiger partial charge < -0.3 is 11.1 Å². The third-order valence-electron chi connectivity index (χ3n) is 1.92. The summed E-state index contributed by atoms with van der Waals surface area (Å²) < 4.78 is 0. The standard InChI is InChI=1S/C10H12N4S/c1-7-5-13-9(15-7)6-14-10-8(11)3-2-4-12-10/h2-5H,6,11H2,1H3,(H,12,14). The Balaban J connectivity index is 2.02. The summed E-state index contributed by atoms with van der Waals surface area (Å²) in [5.74, 6) is 0.713. The van der Waals surface area contributed by atoms with E-state index in [1.54, 1.807) is 17.5 Å². The summed E-state index contributed by atoms with van der Waals surface area (Å²) in [4.78, 5) is 9.60. The number of rotatable bonds is 3. The van der Waals surface area contributed by atoms with Gasteiger partial charge in [0.25, 0.3) is 0 Å². The molecule has 0 saturated carbocycles. The lowest BCUT2D eigenvalue weighted by Gasteiger charge is -2.05. The monoisotopic (exact) mass is 220 g/mol. The van der Waals surface area contributed by atoms with E-state index in [0.29, 0.717) is 18.1 Å². The van der Waals surface area contributed by atoms with Gasteiger partial charge in [-0.1, -0.05) is 0 Å². The van der Waals surface area contributed by atoms with Crippen molar-refractivity contribution in [1.82, 2.24) is 9.97 Å². The Bertz CT molecular complexity index is 452. The number of hydrogen-bond donors (Lipinski definition) is 2. The number of hydrogen-bond acceptors (Lipinski definition) is 5. The van der Waals surface area contributed by atoms with Gasteiger partial charge in [0.2, 0.25) is 0 Å². The Hall–Kier alpha value is -1.62. The SMILES string of the molecule is Cc1cnc(CNc2ncccc2N)s1. The van der Waals surface area contributed by atoms with Crippen LogP contribution in [0.3, 0.4) is 0 Å². The Morgan fingerprint density at radius 1 is 1.47 bits per heavy atom. The molecule has 0 unspecified atom stereocenters. The number of anilines is 2. The molecule has 0 aliphatic carbocycles. The summed E-state index contributed by atoms with van der Waals surface area (Å²) in [6.45, 7) is 2.70. The van der Waals surface area contributed by atoms with Gasteiger partial charge in [-0.15, -0.1) is 11.3 Å². The molecule has 2 aromatic heterocycles. The summed E-state index contributed by atoms with van der Waals surface area (Å²) in [7, 11) is 0. The van der Waals surface area contributed by atoms with Crippen molar-refractivity contribution in [2.45, 2.75) is 13.5 Å². The summed E-state index contributed by atoms with van der Waals surface area (Å²) in [5.41, 5.74) is 6.41. The average Bonchev–Trinajstić information content (AvgIpc) is 2.63. The minimum absolute atomic E-state index is 0.658. The molecule has 0 spiro atoms. The summed E-state index contributed by atoms with van der Waals surface area (Å²) in [6.07, 6.45) is 3.58. The maximum Gasteiger partial charge on any atom is 0.149 e. The van der Waals surface area contributed by atoms with Crippen LogP contribution in [-0.2, 0) is 6.54 Å². The molecular formula is C10H12N4S. The maximum atomic E-state index is 5.75. The highest BCUT2D eigenvalue weighted by Gasteiger charge is 2.01. The van der Waals surface area contributed by atoms with Gasteiger partial charge in [-0.05, 0) is 19.1 Å². The van der Waals surface area contributed by atoms with Crippen LogP contribution >= 0.6 is 11.3 Å². The average molecular weight is 220 g/mol. The van der Waals surface area contributed by atoms with Gasteiger partial charge in [-0.3, -0.25) is 0 Å². The molecule has 0 saturated heterocycles. The zero-order valence-corrected chi connectivity index (χ0v) is 9.21. The van der Waals surface area contributed by atoms with Crippen LogP contribution in [0.2, 0.25) is 0 Å². The van der Waals surface area contributed by atoms with Crippen LogP contribution in [0.15, 0.2) is 24.5 Å². The zero-order valence-electron chi connectivity index (χ0n) is 8.40. The largest absolute Gasteiger partial charge is 0.396 e. The van der Waals surface area contributed by atoms with Gasteiger partial charge in [0.1, 0.15) is 10.8 Å². The summed E-state index contributed by atoms with van der Waals surface area (Å²) in [5, 5.41) is 4.19. The van der Waals surface area contributed by atoms with Crippen LogP contribution in [0.4, 0.5) is 11.5 Å². The number of aryl methyl sites for hydroxylation is 1. The molecule has 0 bridgehead atoms. The molecule has 5 heteroatoms. The van der Waals surface area contributed by atoms with Gasteiger partial charge in [0.15, 0.2) is 0 Å². The second kappa shape index (κ2) is 4.27. The Morgan fingerprint density at radius 3 is 3.00 bits per heavy atom. The lowest BCUT2D eigenvalue weighted by Crippen LogP contribution is -2.03. The fourth-order valence-electron chi connectivity index (χ4n) is 1.21. The first-order valence-electron chi connectivity index (χ1n) is 4.61. The smallest absolute Gasteiger partial charge is 0.149 e. The molecule has 3 N–H and O–H groups in total. The summed E-state index contributed by atoms with van der Waals surface area (Å²) >= 11 is 1.67. The van der Waals surface area contributed by atoms with Crippen molar-refractivity contribution in [3.63, 3.8) is 0 Å². The van der Waals surface area contributed by atoms with Gasteiger partial charge >= 0.3 is 0 Å². The van der Waals surface area contributed by atoms with Crippen molar-refractivity contribution in [1.29, 1.82) is 0 Å². The van der Waals surface area contributed by atoms with Gasteiger partial charge in [-0.2, -0.15) is 0 Å². The predicted molar refractivity (Wildman–Crippen MR) is 62.8 cm³/mol. The highest BCUT2D eigenvalue weighted by molar-refractivity contribution is 7.11. The fourth-order valence-corrected chi connectivity index (χ4v) is 1.93. The van der Waals surface area contributed by atoms with Crippen LogP contribution in [-0.4, -0.2) is 9.97 Å². The highest BCUT2D eigenvalue weighted by atomic mass is 32.1.